The SMILES string of the molecule is Cc1ccc(OC2CCN(C)C2=O)c(CCN)c1. The van der Waals surface area contributed by atoms with E-state index < -0.39 is 0 Å². The molecule has 1 heterocycles. The van der Waals surface area contributed by atoms with Crippen LogP contribution in [0.15, 0.2) is 18.2 Å². The Bertz CT molecular complexity index is 445. The molecule has 0 aliphatic carbocycles. The molecule has 1 aromatic rings. The van der Waals surface area contributed by atoms with Gasteiger partial charge in [0.1, 0.15) is 5.75 Å². The highest BCUT2D eigenvalue weighted by atomic mass is 16.5. The van der Waals surface area contributed by atoms with E-state index in [2.05, 4.69) is 6.07 Å². The lowest BCUT2D eigenvalue weighted by atomic mass is 10.1. The number of hydrogen-bond acceptors (Lipinski definition) is 3. The predicted octanol–water partition coefficient (Wildman–Crippen LogP) is 1.11. The molecule has 1 amide bonds. The van der Waals surface area contributed by atoms with Gasteiger partial charge in [0.05, 0.1) is 0 Å². The van der Waals surface area contributed by atoms with E-state index in [1.807, 2.05) is 26.1 Å². The molecule has 0 bridgehead atoms. The predicted molar refractivity (Wildman–Crippen MR) is 70.6 cm³/mol. The van der Waals surface area contributed by atoms with E-state index in [9.17, 15) is 4.79 Å². The molecule has 98 valence electrons. The Labute approximate surface area is 108 Å². The van der Waals surface area contributed by atoms with Crippen LogP contribution in [-0.2, 0) is 11.2 Å². The second-order valence-electron chi connectivity index (χ2n) is 4.80. The molecule has 0 saturated carbocycles. The number of likely N-dealkylation sites (N-methyl/N-ethyl adjacent to an activating group) is 1. The average Bonchev–Trinajstić information content (AvgIpc) is 2.65. The summed E-state index contributed by atoms with van der Waals surface area (Å²) in [7, 11) is 1.81. The zero-order chi connectivity index (χ0) is 13.1. The molecule has 18 heavy (non-hydrogen) atoms. The Morgan fingerprint density at radius 1 is 1.50 bits per heavy atom. The highest BCUT2D eigenvalue weighted by molar-refractivity contribution is 5.83. The van der Waals surface area contributed by atoms with Crippen LogP contribution in [0.25, 0.3) is 0 Å². The number of amides is 1. The van der Waals surface area contributed by atoms with E-state index in [-0.39, 0.29) is 12.0 Å². The number of benzene rings is 1. The van der Waals surface area contributed by atoms with Crippen molar-refractivity contribution in [2.45, 2.75) is 25.9 Å². The summed E-state index contributed by atoms with van der Waals surface area (Å²) in [6.45, 7) is 3.39. The fourth-order valence-corrected chi connectivity index (χ4v) is 2.23. The Hall–Kier alpha value is -1.55. The zero-order valence-electron chi connectivity index (χ0n) is 11.0. The van der Waals surface area contributed by atoms with Gasteiger partial charge in [0, 0.05) is 20.0 Å². The van der Waals surface area contributed by atoms with Crippen molar-refractivity contribution in [2.24, 2.45) is 5.73 Å². The summed E-state index contributed by atoms with van der Waals surface area (Å²) in [6.07, 6.45) is 1.19. The third-order valence-electron chi connectivity index (χ3n) is 3.28. The molecule has 4 heteroatoms. The number of hydrogen-bond donors (Lipinski definition) is 1. The lowest BCUT2D eigenvalue weighted by molar-refractivity contribution is -0.132. The van der Waals surface area contributed by atoms with Crippen LogP contribution in [-0.4, -0.2) is 37.0 Å². The first kappa shape index (κ1) is 12.9. The van der Waals surface area contributed by atoms with E-state index in [0.717, 1.165) is 30.7 Å². The Morgan fingerprint density at radius 3 is 2.89 bits per heavy atom. The third kappa shape index (κ3) is 2.64. The zero-order valence-corrected chi connectivity index (χ0v) is 11.0. The summed E-state index contributed by atoms with van der Waals surface area (Å²) in [5.41, 5.74) is 7.87. The van der Waals surface area contributed by atoms with Crippen LogP contribution >= 0.6 is 0 Å². The summed E-state index contributed by atoms with van der Waals surface area (Å²) in [5.74, 6) is 0.856. The van der Waals surface area contributed by atoms with Gasteiger partial charge in [-0.15, -0.1) is 0 Å². The Balaban J connectivity index is 2.16. The molecule has 1 unspecified atom stereocenters. The largest absolute Gasteiger partial charge is 0.480 e. The molecule has 0 spiro atoms. The minimum Gasteiger partial charge on any atom is -0.480 e. The number of nitrogens with two attached hydrogens (primary N) is 1. The van der Waals surface area contributed by atoms with Crippen molar-refractivity contribution in [3.63, 3.8) is 0 Å². The van der Waals surface area contributed by atoms with Gasteiger partial charge in [0.15, 0.2) is 6.10 Å². The third-order valence-corrected chi connectivity index (χ3v) is 3.28. The second kappa shape index (κ2) is 5.40. The van der Waals surface area contributed by atoms with Crippen molar-refractivity contribution < 1.29 is 9.53 Å². The molecule has 0 aromatic heterocycles. The number of rotatable bonds is 4. The van der Waals surface area contributed by atoms with Gasteiger partial charge in [0.2, 0.25) is 0 Å². The molecule has 0 radical (unpaired) electrons. The van der Waals surface area contributed by atoms with Crippen molar-refractivity contribution in [2.75, 3.05) is 20.1 Å². The molecule has 1 aliphatic heterocycles. The molecule has 1 atom stereocenters. The van der Waals surface area contributed by atoms with Gasteiger partial charge in [-0.2, -0.15) is 0 Å². The quantitative estimate of drug-likeness (QED) is 0.868. The molecular formula is C14H20N2O2. The number of carbonyl (C=O) groups is 1. The minimum atomic E-state index is -0.339. The molecule has 1 fully saturated rings. The van der Waals surface area contributed by atoms with Crippen molar-refractivity contribution >= 4 is 5.91 Å². The topological polar surface area (TPSA) is 55.6 Å². The first-order chi connectivity index (χ1) is 8.61. The smallest absolute Gasteiger partial charge is 0.263 e. The summed E-state index contributed by atoms with van der Waals surface area (Å²) in [6, 6.07) is 6.01. The molecule has 1 aliphatic rings. The number of carbonyl (C=O) groups excluding carboxylic acids is 1. The minimum absolute atomic E-state index is 0.0641. The van der Waals surface area contributed by atoms with Gasteiger partial charge in [-0.3, -0.25) is 4.79 Å². The summed E-state index contributed by atoms with van der Waals surface area (Å²) < 4.78 is 5.85. The van der Waals surface area contributed by atoms with Crippen LogP contribution in [0.4, 0.5) is 0 Å². The monoisotopic (exact) mass is 248 g/mol. The fourth-order valence-electron chi connectivity index (χ4n) is 2.23. The standard InChI is InChI=1S/C14H20N2O2/c1-10-3-4-12(11(9-10)5-7-15)18-13-6-8-16(2)14(13)17/h3-4,9,13H,5-8,15H2,1-2H3. The summed E-state index contributed by atoms with van der Waals surface area (Å²) in [4.78, 5) is 13.5. The molecule has 1 aromatic carbocycles. The fraction of sp³-hybridized carbons (Fsp3) is 0.500. The van der Waals surface area contributed by atoms with Crippen molar-refractivity contribution in [3.8, 4) is 5.75 Å². The van der Waals surface area contributed by atoms with Crippen molar-refractivity contribution in [3.05, 3.63) is 29.3 Å². The van der Waals surface area contributed by atoms with Gasteiger partial charge >= 0.3 is 0 Å². The summed E-state index contributed by atoms with van der Waals surface area (Å²) >= 11 is 0. The maximum absolute atomic E-state index is 11.8. The Morgan fingerprint density at radius 2 is 2.28 bits per heavy atom. The maximum Gasteiger partial charge on any atom is 0.263 e. The lowest BCUT2D eigenvalue weighted by Crippen LogP contribution is -2.29. The number of likely N-dealkylation sites (tertiary alicyclic amines) is 1. The molecular weight excluding hydrogens is 228 g/mol. The van der Waals surface area contributed by atoms with E-state index in [1.165, 1.54) is 5.56 Å². The number of ether oxygens (including phenoxy) is 1. The van der Waals surface area contributed by atoms with Crippen LogP contribution in [0.3, 0.4) is 0 Å². The van der Waals surface area contributed by atoms with Gasteiger partial charge in [0.25, 0.3) is 5.91 Å². The average molecular weight is 248 g/mol. The van der Waals surface area contributed by atoms with E-state index in [1.54, 1.807) is 4.90 Å². The van der Waals surface area contributed by atoms with Gasteiger partial charge in [-0.25, -0.2) is 0 Å². The van der Waals surface area contributed by atoms with Crippen molar-refractivity contribution in [1.29, 1.82) is 0 Å². The normalized spacial score (nSPS) is 19.4. The summed E-state index contributed by atoms with van der Waals surface area (Å²) in [5, 5.41) is 0. The van der Waals surface area contributed by atoms with Gasteiger partial charge in [-0.05, 0) is 31.5 Å². The Kier molecular flexibility index (Phi) is 3.87. The molecule has 2 N–H and O–H groups in total. The highest BCUT2D eigenvalue weighted by Crippen LogP contribution is 2.24. The van der Waals surface area contributed by atoms with E-state index in [4.69, 9.17) is 10.5 Å². The lowest BCUT2D eigenvalue weighted by Gasteiger charge is -2.16. The highest BCUT2D eigenvalue weighted by Gasteiger charge is 2.31. The molecule has 4 nitrogen and oxygen atoms in total. The van der Waals surface area contributed by atoms with Gasteiger partial charge < -0.3 is 15.4 Å². The number of aryl methyl sites for hydroxylation is 1. The van der Waals surface area contributed by atoms with Crippen LogP contribution in [0, 0.1) is 6.92 Å². The molecule has 2 rings (SSSR count). The first-order valence-electron chi connectivity index (χ1n) is 6.33. The van der Waals surface area contributed by atoms with Crippen LogP contribution < -0.4 is 10.5 Å². The van der Waals surface area contributed by atoms with Crippen LogP contribution in [0.2, 0.25) is 0 Å². The van der Waals surface area contributed by atoms with E-state index in [0.29, 0.717) is 6.54 Å². The van der Waals surface area contributed by atoms with Crippen LogP contribution in [0.5, 0.6) is 5.75 Å². The second-order valence-corrected chi connectivity index (χ2v) is 4.80. The first-order valence-corrected chi connectivity index (χ1v) is 6.33. The van der Waals surface area contributed by atoms with Crippen LogP contribution in [0.1, 0.15) is 17.5 Å². The van der Waals surface area contributed by atoms with Crippen molar-refractivity contribution in [1.82, 2.24) is 4.90 Å². The molecule has 1 saturated heterocycles. The number of nitrogens with zero attached hydrogens (tertiary/aromatic N) is 1. The van der Waals surface area contributed by atoms with Gasteiger partial charge in [-0.1, -0.05) is 17.7 Å². The van der Waals surface area contributed by atoms with E-state index >= 15 is 0 Å². The maximum atomic E-state index is 11.8.